The number of carbonyl (C=O) groups is 3. The summed E-state index contributed by atoms with van der Waals surface area (Å²) in [6.07, 6.45) is 3.40. The summed E-state index contributed by atoms with van der Waals surface area (Å²) in [5.74, 6) is -1.10. The summed E-state index contributed by atoms with van der Waals surface area (Å²) in [6, 6.07) is 13.0. The second-order valence-electron chi connectivity index (χ2n) is 10.9. The van der Waals surface area contributed by atoms with Gasteiger partial charge in [-0.25, -0.2) is 4.79 Å². The minimum Gasteiger partial charge on any atom is -0.381 e. The van der Waals surface area contributed by atoms with Crippen molar-refractivity contribution in [3.63, 3.8) is 0 Å². The molecule has 3 atom stereocenters. The van der Waals surface area contributed by atoms with E-state index in [1.807, 2.05) is 37.3 Å². The highest BCUT2D eigenvalue weighted by Gasteiger charge is 2.31. The number of fused-ring (bicyclic) bond motifs is 1. The van der Waals surface area contributed by atoms with Crippen molar-refractivity contribution in [3.8, 4) is 0 Å². The monoisotopic (exact) mass is 615 g/mol. The van der Waals surface area contributed by atoms with Crippen LogP contribution < -0.4 is 22.5 Å². The van der Waals surface area contributed by atoms with Gasteiger partial charge in [-0.15, -0.1) is 12.4 Å². The normalized spacial score (nSPS) is 16.5. The molecule has 3 aromatic rings. The number of hydrogen-bond acceptors (Lipinski definition) is 7. The second-order valence-corrected chi connectivity index (χ2v) is 10.9. The molecule has 2 aromatic carbocycles. The van der Waals surface area contributed by atoms with Crippen molar-refractivity contribution < 1.29 is 23.9 Å². The fraction of sp³-hybridized carbons (Fsp3) is 0.484. The smallest absolute Gasteiger partial charge is 0.329 e. The molecule has 5 N–H and O–H groups in total. The summed E-state index contributed by atoms with van der Waals surface area (Å²) < 4.78 is 14.8. The summed E-state index contributed by atoms with van der Waals surface area (Å²) in [4.78, 5) is 48.1. The van der Waals surface area contributed by atoms with Gasteiger partial charge < -0.3 is 20.9 Å². The molecule has 43 heavy (non-hydrogen) atoms. The van der Waals surface area contributed by atoms with Crippen molar-refractivity contribution in [3.05, 3.63) is 69.6 Å². The third-order valence-corrected chi connectivity index (χ3v) is 7.84. The van der Waals surface area contributed by atoms with Gasteiger partial charge >= 0.3 is 5.69 Å². The molecule has 0 saturated carbocycles. The molecule has 1 aliphatic rings. The maximum Gasteiger partial charge on any atom is 0.329 e. The molecular weight excluding hydrogens is 574 g/mol. The molecule has 234 valence electrons. The Morgan fingerprint density at radius 1 is 1.07 bits per heavy atom. The molecule has 0 bridgehead atoms. The van der Waals surface area contributed by atoms with Crippen molar-refractivity contribution in [1.82, 2.24) is 14.5 Å². The van der Waals surface area contributed by atoms with E-state index in [1.165, 1.54) is 10.1 Å². The van der Waals surface area contributed by atoms with Crippen LogP contribution in [0.25, 0.3) is 11.0 Å². The Morgan fingerprint density at radius 2 is 1.79 bits per heavy atom. The Bertz CT molecular complexity index is 1470. The molecule has 3 amide bonds. The molecule has 1 fully saturated rings. The third kappa shape index (κ3) is 8.76. The van der Waals surface area contributed by atoms with Crippen molar-refractivity contribution in [2.75, 3.05) is 13.2 Å². The number of benzene rings is 2. The highest BCUT2D eigenvalue weighted by Crippen LogP contribution is 2.25. The van der Waals surface area contributed by atoms with E-state index in [-0.39, 0.29) is 54.9 Å². The number of imide groups is 1. The molecule has 0 aliphatic carbocycles. The zero-order chi connectivity index (χ0) is 30.2. The van der Waals surface area contributed by atoms with Crippen LogP contribution in [0, 0.1) is 0 Å². The highest BCUT2D eigenvalue weighted by atomic mass is 35.5. The number of aryl methyl sites for hydroxylation is 2. The van der Waals surface area contributed by atoms with Crippen LogP contribution in [0.3, 0.4) is 0 Å². The van der Waals surface area contributed by atoms with Gasteiger partial charge in [0.15, 0.2) is 0 Å². The highest BCUT2D eigenvalue weighted by molar-refractivity contribution is 6.00. The summed E-state index contributed by atoms with van der Waals surface area (Å²) in [6.45, 7) is 3.52. The largest absolute Gasteiger partial charge is 0.381 e. The van der Waals surface area contributed by atoms with Crippen molar-refractivity contribution in [2.24, 2.45) is 18.5 Å². The number of ether oxygens (including phenoxy) is 2. The number of para-hydroxylation sites is 1. The Morgan fingerprint density at radius 3 is 2.49 bits per heavy atom. The van der Waals surface area contributed by atoms with Crippen molar-refractivity contribution in [1.29, 1.82) is 0 Å². The van der Waals surface area contributed by atoms with Gasteiger partial charge in [-0.2, -0.15) is 0 Å². The number of primary amides is 1. The van der Waals surface area contributed by atoms with Gasteiger partial charge in [-0.05, 0) is 61.8 Å². The molecule has 4 rings (SSSR count). The fourth-order valence-electron chi connectivity index (χ4n) is 5.30. The number of amides is 3. The molecule has 1 saturated heterocycles. The van der Waals surface area contributed by atoms with Gasteiger partial charge in [-0.3, -0.25) is 28.8 Å². The van der Waals surface area contributed by atoms with E-state index in [4.69, 9.17) is 20.9 Å². The quantitative estimate of drug-likeness (QED) is 0.175. The van der Waals surface area contributed by atoms with E-state index in [1.54, 1.807) is 11.6 Å². The predicted octanol–water partition coefficient (Wildman–Crippen LogP) is 2.43. The van der Waals surface area contributed by atoms with Crippen LogP contribution in [-0.2, 0) is 50.4 Å². The van der Waals surface area contributed by atoms with Gasteiger partial charge in [0.1, 0.15) is 6.04 Å². The minimum absolute atomic E-state index is 0. The molecule has 1 unspecified atom stereocenters. The summed E-state index contributed by atoms with van der Waals surface area (Å²) >= 11 is 0. The van der Waals surface area contributed by atoms with Crippen LogP contribution in [0.4, 0.5) is 0 Å². The number of rotatable bonds is 15. The Labute approximate surface area is 257 Å². The lowest BCUT2D eigenvalue weighted by molar-refractivity contribution is -0.135. The van der Waals surface area contributed by atoms with E-state index < -0.39 is 11.9 Å². The molecule has 0 spiro atoms. The molecule has 11 nitrogen and oxygen atoms in total. The van der Waals surface area contributed by atoms with Gasteiger partial charge in [-0.1, -0.05) is 36.4 Å². The molecule has 12 heteroatoms. The number of nitrogens with zero attached hydrogens (tertiary/aromatic N) is 2. The van der Waals surface area contributed by atoms with Crippen LogP contribution in [0.5, 0.6) is 0 Å². The van der Waals surface area contributed by atoms with Crippen molar-refractivity contribution in [2.45, 2.75) is 76.7 Å². The van der Waals surface area contributed by atoms with Crippen LogP contribution in [0.2, 0.25) is 0 Å². The summed E-state index contributed by atoms with van der Waals surface area (Å²) in [7, 11) is 1.71. The first kappa shape index (κ1) is 34.0. The van der Waals surface area contributed by atoms with E-state index in [9.17, 15) is 19.2 Å². The first-order chi connectivity index (χ1) is 20.2. The Balaban J connectivity index is 0.00000506. The standard InChI is InChI=1S/C31H41N5O6.ClH/c1-20(24(32)12-14-27(33)37)42-19-22-10-8-21(9-11-22)16-18-41-17-4-6-23-5-3-7-25-29(23)35(2)31(40)36(25)26-13-15-28(38)34-30(26)39;/h3,5,7-11,20,24,26H,4,6,12-19,32H2,1-2H3,(H2,33,37)(H,34,38,39);1H/t20-,24+,26?;/m1./s1. The SMILES string of the molecule is C[C@@H](OCc1ccc(CCOCCCc2cccc3c2n(C)c(=O)n3C2CCC(=O)NC2=O)cc1)[C@@H](N)CCC(N)=O.Cl. The number of imidazole rings is 1. The summed E-state index contributed by atoms with van der Waals surface area (Å²) in [5.41, 5.74) is 15.7. The lowest BCUT2D eigenvalue weighted by Crippen LogP contribution is -2.44. The fourth-order valence-corrected chi connectivity index (χ4v) is 5.30. The zero-order valence-corrected chi connectivity index (χ0v) is 25.6. The van der Waals surface area contributed by atoms with Crippen molar-refractivity contribution >= 4 is 41.2 Å². The maximum absolute atomic E-state index is 13.1. The van der Waals surface area contributed by atoms with E-state index >= 15 is 0 Å². The third-order valence-electron chi connectivity index (χ3n) is 7.84. The zero-order valence-electron chi connectivity index (χ0n) is 24.8. The second kappa shape index (κ2) is 15.8. The molecule has 0 radical (unpaired) electrons. The molecular formula is C31H42ClN5O6. The van der Waals surface area contributed by atoms with Crippen LogP contribution in [0.15, 0.2) is 47.3 Å². The molecule has 2 heterocycles. The minimum atomic E-state index is -0.694. The Kier molecular flexibility index (Phi) is 12.5. The van der Waals surface area contributed by atoms with Gasteiger partial charge in [0, 0.05) is 32.5 Å². The molecule has 1 aromatic heterocycles. The summed E-state index contributed by atoms with van der Waals surface area (Å²) in [5, 5.41) is 2.35. The van der Waals surface area contributed by atoms with Crippen LogP contribution in [0.1, 0.15) is 61.8 Å². The first-order valence-electron chi connectivity index (χ1n) is 14.5. The first-order valence-corrected chi connectivity index (χ1v) is 14.5. The van der Waals surface area contributed by atoms with Gasteiger partial charge in [0.05, 0.1) is 30.4 Å². The lowest BCUT2D eigenvalue weighted by Gasteiger charge is -2.21. The number of aromatic nitrogens is 2. The van der Waals surface area contributed by atoms with E-state index in [0.717, 1.165) is 35.9 Å². The van der Waals surface area contributed by atoms with E-state index in [0.29, 0.717) is 38.2 Å². The molecule has 1 aliphatic heterocycles. The van der Waals surface area contributed by atoms with Gasteiger partial charge in [0.25, 0.3) is 0 Å². The average Bonchev–Trinajstić information content (AvgIpc) is 3.22. The number of halogens is 1. The lowest BCUT2D eigenvalue weighted by atomic mass is 10.0. The number of piperidine rings is 1. The predicted molar refractivity (Wildman–Crippen MR) is 166 cm³/mol. The van der Waals surface area contributed by atoms with E-state index in [2.05, 4.69) is 17.4 Å². The number of carbonyl (C=O) groups excluding carboxylic acids is 3. The van der Waals surface area contributed by atoms with Crippen LogP contribution in [-0.4, -0.2) is 52.2 Å². The average molecular weight is 616 g/mol. The maximum atomic E-state index is 13.1. The number of nitrogens with two attached hydrogens (primary N) is 2. The Hall–Kier alpha value is -3.51. The number of hydrogen-bond donors (Lipinski definition) is 3. The number of nitrogens with one attached hydrogen (secondary N) is 1. The topological polar surface area (TPSA) is 161 Å². The van der Waals surface area contributed by atoms with Crippen LogP contribution >= 0.6 is 12.4 Å². The van der Waals surface area contributed by atoms with Gasteiger partial charge in [0.2, 0.25) is 17.7 Å².